The van der Waals surface area contributed by atoms with Crippen molar-refractivity contribution in [3.8, 4) is 0 Å². The van der Waals surface area contributed by atoms with Gasteiger partial charge in [0.2, 0.25) is 0 Å². The third kappa shape index (κ3) is 2.50. The molecule has 0 radical (unpaired) electrons. The zero-order valence-corrected chi connectivity index (χ0v) is 10.1. The normalized spacial score (nSPS) is 16.6. The standard InChI is InChI=1S/C14H19NO/c1-11-5-6-13(9-12(11)2)14(16)10-15-7-3-4-8-15/h5-6,9H,3-4,7-8,10H2,1-2H3. The number of carbonyl (C=O) groups is 1. The fourth-order valence-electron chi connectivity index (χ4n) is 2.15. The zero-order valence-electron chi connectivity index (χ0n) is 10.1. The van der Waals surface area contributed by atoms with E-state index in [4.69, 9.17) is 0 Å². The summed E-state index contributed by atoms with van der Waals surface area (Å²) in [7, 11) is 0. The molecule has 0 aromatic heterocycles. The minimum Gasteiger partial charge on any atom is -0.296 e. The van der Waals surface area contributed by atoms with E-state index in [1.54, 1.807) is 0 Å². The average molecular weight is 217 g/mol. The van der Waals surface area contributed by atoms with Crippen LogP contribution in [-0.4, -0.2) is 30.3 Å². The molecule has 16 heavy (non-hydrogen) atoms. The Labute approximate surface area is 97.3 Å². The summed E-state index contributed by atoms with van der Waals surface area (Å²) in [5.74, 6) is 0.255. The lowest BCUT2D eigenvalue weighted by Crippen LogP contribution is -2.26. The van der Waals surface area contributed by atoms with Gasteiger partial charge in [-0.3, -0.25) is 9.69 Å². The molecular formula is C14H19NO. The van der Waals surface area contributed by atoms with Crippen LogP contribution in [0.25, 0.3) is 0 Å². The molecule has 2 rings (SSSR count). The van der Waals surface area contributed by atoms with Crippen molar-refractivity contribution in [2.45, 2.75) is 26.7 Å². The summed E-state index contributed by atoms with van der Waals surface area (Å²) in [6.45, 7) is 6.88. The minimum absolute atomic E-state index is 0.255. The summed E-state index contributed by atoms with van der Waals surface area (Å²) >= 11 is 0. The van der Waals surface area contributed by atoms with Crippen LogP contribution in [0, 0.1) is 13.8 Å². The molecule has 0 amide bonds. The zero-order chi connectivity index (χ0) is 11.5. The van der Waals surface area contributed by atoms with Gasteiger partial charge in [-0.1, -0.05) is 12.1 Å². The van der Waals surface area contributed by atoms with Crippen LogP contribution in [0.4, 0.5) is 0 Å². The highest BCUT2D eigenvalue weighted by atomic mass is 16.1. The first kappa shape index (κ1) is 11.3. The topological polar surface area (TPSA) is 20.3 Å². The molecule has 2 heteroatoms. The third-order valence-electron chi connectivity index (χ3n) is 3.39. The van der Waals surface area contributed by atoms with E-state index in [0.717, 1.165) is 18.7 Å². The number of rotatable bonds is 3. The van der Waals surface area contributed by atoms with E-state index in [1.165, 1.54) is 24.0 Å². The largest absolute Gasteiger partial charge is 0.296 e. The molecule has 0 aliphatic carbocycles. The maximum absolute atomic E-state index is 12.0. The molecule has 1 aliphatic rings. The van der Waals surface area contributed by atoms with E-state index in [9.17, 15) is 4.79 Å². The van der Waals surface area contributed by atoms with Crippen molar-refractivity contribution in [2.24, 2.45) is 0 Å². The number of carbonyl (C=O) groups excluding carboxylic acids is 1. The van der Waals surface area contributed by atoms with Gasteiger partial charge in [0.1, 0.15) is 0 Å². The number of hydrogen-bond donors (Lipinski definition) is 0. The van der Waals surface area contributed by atoms with E-state index >= 15 is 0 Å². The monoisotopic (exact) mass is 217 g/mol. The predicted molar refractivity (Wildman–Crippen MR) is 65.9 cm³/mol. The fraction of sp³-hybridized carbons (Fsp3) is 0.500. The van der Waals surface area contributed by atoms with E-state index < -0.39 is 0 Å². The van der Waals surface area contributed by atoms with Crippen LogP contribution in [0.1, 0.15) is 34.3 Å². The lowest BCUT2D eigenvalue weighted by atomic mass is 10.0. The van der Waals surface area contributed by atoms with Crippen LogP contribution in [-0.2, 0) is 0 Å². The summed E-state index contributed by atoms with van der Waals surface area (Å²) in [5.41, 5.74) is 3.31. The smallest absolute Gasteiger partial charge is 0.176 e. The van der Waals surface area contributed by atoms with E-state index in [-0.39, 0.29) is 5.78 Å². The van der Waals surface area contributed by atoms with Crippen LogP contribution >= 0.6 is 0 Å². The molecule has 0 saturated carbocycles. The second-order valence-corrected chi connectivity index (χ2v) is 4.71. The lowest BCUT2D eigenvalue weighted by molar-refractivity contribution is 0.0945. The van der Waals surface area contributed by atoms with Crippen molar-refractivity contribution in [2.75, 3.05) is 19.6 Å². The number of aryl methyl sites for hydroxylation is 2. The van der Waals surface area contributed by atoms with Crippen LogP contribution in [0.2, 0.25) is 0 Å². The maximum Gasteiger partial charge on any atom is 0.176 e. The molecule has 2 nitrogen and oxygen atoms in total. The SMILES string of the molecule is Cc1ccc(C(=O)CN2CCCC2)cc1C. The summed E-state index contributed by atoms with van der Waals surface area (Å²) in [5, 5.41) is 0. The lowest BCUT2D eigenvalue weighted by Gasteiger charge is -2.13. The summed E-state index contributed by atoms with van der Waals surface area (Å²) in [4.78, 5) is 14.3. The van der Waals surface area contributed by atoms with Crippen LogP contribution in [0.5, 0.6) is 0 Å². The summed E-state index contributed by atoms with van der Waals surface area (Å²) in [6, 6.07) is 5.99. The molecule has 1 aromatic rings. The van der Waals surface area contributed by atoms with Crippen molar-refractivity contribution in [3.05, 3.63) is 34.9 Å². The van der Waals surface area contributed by atoms with Crippen molar-refractivity contribution < 1.29 is 4.79 Å². The number of nitrogens with zero attached hydrogens (tertiary/aromatic N) is 1. The van der Waals surface area contributed by atoms with Crippen molar-refractivity contribution in [3.63, 3.8) is 0 Å². The Morgan fingerprint density at radius 3 is 2.50 bits per heavy atom. The van der Waals surface area contributed by atoms with Crippen LogP contribution in [0.3, 0.4) is 0 Å². The Hall–Kier alpha value is -1.15. The minimum atomic E-state index is 0.255. The van der Waals surface area contributed by atoms with Crippen molar-refractivity contribution in [1.82, 2.24) is 4.90 Å². The Morgan fingerprint density at radius 1 is 1.19 bits per heavy atom. The molecule has 0 spiro atoms. The Balaban J connectivity index is 2.05. The molecule has 1 aromatic carbocycles. The molecular weight excluding hydrogens is 198 g/mol. The van der Waals surface area contributed by atoms with Crippen molar-refractivity contribution >= 4 is 5.78 Å². The molecule has 1 saturated heterocycles. The van der Waals surface area contributed by atoms with Gasteiger partial charge < -0.3 is 0 Å². The highest BCUT2D eigenvalue weighted by Crippen LogP contribution is 2.13. The third-order valence-corrected chi connectivity index (χ3v) is 3.39. The van der Waals surface area contributed by atoms with Crippen molar-refractivity contribution in [1.29, 1.82) is 0 Å². The van der Waals surface area contributed by atoms with Gasteiger partial charge in [-0.2, -0.15) is 0 Å². The second-order valence-electron chi connectivity index (χ2n) is 4.71. The van der Waals surface area contributed by atoms with Gasteiger partial charge in [0, 0.05) is 5.56 Å². The van der Waals surface area contributed by atoms with Gasteiger partial charge in [0.25, 0.3) is 0 Å². The molecule has 0 atom stereocenters. The van der Waals surface area contributed by atoms with E-state index in [2.05, 4.69) is 18.7 Å². The molecule has 0 unspecified atom stereocenters. The number of benzene rings is 1. The Kier molecular flexibility index (Phi) is 3.39. The van der Waals surface area contributed by atoms with Gasteiger partial charge >= 0.3 is 0 Å². The molecule has 1 heterocycles. The van der Waals surface area contributed by atoms with E-state index in [0.29, 0.717) is 6.54 Å². The molecule has 1 fully saturated rings. The number of hydrogen-bond acceptors (Lipinski definition) is 2. The first-order valence-corrected chi connectivity index (χ1v) is 5.99. The van der Waals surface area contributed by atoms with Crippen LogP contribution < -0.4 is 0 Å². The Morgan fingerprint density at radius 2 is 1.88 bits per heavy atom. The highest BCUT2D eigenvalue weighted by Gasteiger charge is 2.16. The molecule has 1 aliphatic heterocycles. The fourth-order valence-corrected chi connectivity index (χ4v) is 2.15. The van der Waals surface area contributed by atoms with Gasteiger partial charge in [-0.15, -0.1) is 0 Å². The number of Topliss-reactive ketones (excluding diaryl/α,β-unsaturated/α-hetero) is 1. The molecule has 0 N–H and O–H groups in total. The second kappa shape index (κ2) is 4.79. The quantitative estimate of drug-likeness (QED) is 0.725. The summed E-state index contributed by atoms with van der Waals surface area (Å²) in [6.07, 6.45) is 2.47. The van der Waals surface area contributed by atoms with Gasteiger partial charge in [-0.25, -0.2) is 0 Å². The predicted octanol–water partition coefficient (Wildman–Crippen LogP) is 2.58. The molecule has 0 bridgehead atoms. The average Bonchev–Trinajstić information content (AvgIpc) is 2.74. The maximum atomic E-state index is 12.0. The highest BCUT2D eigenvalue weighted by molar-refractivity contribution is 5.97. The van der Waals surface area contributed by atoms with Gasteiger partial charge in [0.15, 0.2) is 5.78 Å². The number of ketones is 1. The van der Waals surface area contributed by atoms with Crippen LogP contribution in [0.15, 0.2) is 18.2 Å². The number of likely N-dealkylation sites (tertiary alicyclic amines) is 1. The van der Waals surface area contributed by atoms with E-state index in [1.807, 2.05) is 18.2 Å². The first-order chi connectivity index (χ1) is 7.66. The molecule has 86 valence electrons. The summed E-state index contributed by atoms with van der Waals surface area (Å²) < 4.78 is 0. The van der Waals surface area contributed by atoms with Gasteiger partial charge in [-0.05, 0) is 57.0 Å². The van der Waals surface area contributed by atoms with Gasteiger partial charge in [0.05, 0.1) is 6.54 Å². The Bertz CT molecular complexity index is 392. The first-order valence-electron chi connectivity index (χ1n) is 5.99.